The summed E-state index contributed by atoms with van der Waals surface area (Å²) in [6.45, 7) is 0. The summed E-state index contributed by atoms with van der Waals surface area (Å²) in [6.07, 6.45) is 3.86. The van der Waals surface area contributed by atoms with Crippen LogP contribution in [0, 0.1) is 17.8 Å². The lowest BCUT2D eigenvalue weighted by Gasteiger charge is -2.28. The second-order valence-electron chi connectivity index (χ2n) is 6.04. The summed E-state index contributed by atoms with van der Waals surface area (Å²) >= 11 is 0. The quantitative estimate of drug-likeness (QED) is 0.756. The number of carbonyl (C=O) groups excluding carboxylic acids is 1. The number of sulfone groups is 1. The van der Waals surface area contributed by atoms with E-state index in [0.29, 0.717) is 18.3 Å². The van der Waals surface area contributed by atoms with Crippen molar-refractivity contribution >= 4 is 28.2 Å². The zero-order chi connectivity index (χ0) is 12.9. The standard InChI is InChI=1S/C12H20N2O3S.ClH/c13-11-8-2-1-7(5-8)10(11)12(15)14-9-3-4-18(16,17)6-9;/h7-11H,1-6,13H2,(H,14,15);1H. The van der Waals surface area contributed by atoms with Crippen LogP contribution in [-0.4, -0.2) is 37.9 Å². The largest absolute Gasteiger partial charge is 0.352 e. The third kappa shape index (κ3) is 2.76. The van der Waals surface area contributed by atoms with Crippen LogP contribution in [-0.2, 0) is 14.6 Å². The van der Waals surface area contributed by atoms with Gasteiger partial charge in [-0.1, -0.05) is 0 Å². The number of rotatable bonds is 2. The molecular formula is C12H21ClN2O3S. The van der Waals surface area contributed by atoms with Crippen molar-refractivity contribution in [2.45, 2.75) is 37.8 Å². The van der Waals surface area contributed by atoms with Crippen LogP contribution in [0.4, 0.5) is 0 Å². The van der Waals surface area contributed by atoms with E-state index in [0.717, 1.165) is 19.3 Å². The fourth-order valence-corrected chi connectivity index (χ4v) is 5.60. The Morgan fingerprint density at radius 2 is 1.84 bits per heavy atom. The highest BCUT2D eigenvalue weighted by Crippen LogP contribution is 2.47. The maximum absolute atomic E-state index is 12.2. The summed E-state index contributed by atoms with van der Waals surface area (Å²) in [5.74, 6) is 1.10. The Bertz CT molecular complexity index is 466. The molecule has 1 aliphatic heterocycles. The lowest BCUT2D eigenvalue weighted by atomic mass is 9.84. The van der Waals surface area contributed by atoms with Crippen LogP contribution in [0.25, 0.3) is 0 Å². The van der Waals surface area contributed by atoms with Gasteiger partial charge >= 0.3 is 0 Å². The van der Waals surface area contributed by atoms with Gasteiger partial charge < -0.3 is 11.1 Å². The molecular weight excluding hydrogens is 288 g/mol. The highest BCUT2D eigenvalue weighted by molar-refractivity contribution is 7.91. The van der Waals surface area contributed by atoms with Crippen LogP contribution in [0.1, 0.15) is 25.7 Å². The molecule has 0 spiro atoms. The highest BCUT2D eigenvalue weighted by atomic mass is 35.5. The number of nitrogens with one attached hydrogen (secondary N) is 1. The molecule has 3 rings (SSSR count). The van der Waals surface area contributed by atoms with E-state index in [-0.39, 0.29) is 47.8 Å². The van der Waals surface area contributed by atoms with Crippen LogP contribution < -0.4 is 11.1 Å². The Kier molecular flexibility index (Phi) is 4.14. The van der Waals surface area contributed by atoms with E-state index in [2.05, 4.69) is 5.32 Å². The van der Waals surface area contributed by atoms with E-state index in [4.69, 9.17) is 5.73 Å². The smallest absolute Gasteiger partial charge is 0.225 e. The van der Waals surface area contributed by atoms with Crippen LogP contribution in [0.2, 0.25) is 0 Å². The molecule has 2 saturated carbocycles. The average Bonchev–Trinajstić information content (AvgIpc) is 2.93. The SMILES string of the molecule is Cl.NC1C2CCC(C2)C1C(=O)NC1CCS(=O)(=O)C1. The van der Waals surface area contributed by atoms with Crippen LogP contribution >= 0.6 is 12.4 Å². The molecule has 1 amide bonds. The first-order chi connectivity index (χ1) is 8.46. The number of hydrogen-bond donors (Lipinski definition) is 2. The van der Waals surface area contributed by atoms with Crippen molar-refractivity contribution < 1.29 is 13.2 Å². The van der Waals surface area contributed by atoms with Gasteiger partial charge in [-0.25, -0.2) is 8.42 Å². The van der Waals surface area contributed by atoms with Gasteiger partial charge in [-0.3, -0.25) is 4.79 Å². The Morgan fingerprint density at radius 3 is 2.37 bits per heavy atom. The first kappa shape index (κ1) is 15.1. The molecule has 2 bridgehead atoms. The molecule has 1 heterocycles. The Hall–Kier alpha value is -0.330. The van der Waals surface area contributed by atoms with Crippen molar-refractivity contribution in [2.24, 2.45) is 23.5 Å². The van der Waals surface area contributed by atoms with Gasteiger partial charge in [0, 0.05) is 12.1 Å². The average molecular weight is 309 g/mol. The molecule has 0 aromatic heterocycles. The lowest BCUT2D eigenvalue weighted by molar-refractivity contribution is -0.127. The van der Waals surface area contributed by atoms with E-state index < -0.39 is 9.84 Å². The van der Waals surface area contributed by atoms with Gasteiger partial charge in [0.25, 0.3) is 0 Å². The van der Waals surface area contributed by atoms with Crippen molar-refractivity contribution in [1.82, 2.24) is 5.32 Å². The second kappa shape index (κ2) is 5.22. The summed E-state index contributed by atoms with van der Waals surface area (Å²) in [5, 5.41) is 2.89. The Balaban J connectivity index is 0.00000133. The fourth-order valence-electron chi connectivity index (χ4n) is 3.93. The van der Waals surface area contributed by atoms with Crippen molar-refractivity contribution in [3.63, 3.8) is 0 Å². The van der Waals surface area contributed by atoms with Crippen molar-refractivity contribution in [3.8, 4) is 0 Å². The first-order valence-electron chi connectivity index (χ1n) is 6.72. The maximum atomic E-state index is 12.2. The van der Waals surface area contributed by atoms with E-state index in [9.17, 15) is 13.2 Å². The summed E-state index contributed by atoms with van der Waals surface area (Å²) in [7, 11) is -2.93. The molecule has 5 unspecified atom stereocenters. The van der Waals surface area contributed by atoms with Crippen molar-refractivity contribution in [3.05, 3.63) is 0 Å². The number of hydrogen-bond acceptors (Lipinski definition) is 4. The Labute approximate surface area is 120 Å². The minimum Gasteiger partial charge on any atom is -0.352 e. The first-order valence-corrected chi connectivity index (χ1v) is 8.55. The third-order valence-corrected chi connectivity index (χ3v) is 6.63. The van der Waals surface area contributed by atoms with Crippen LogP contribution in [0.15, 0.2) is 0 Å². The van der Waals surface area contributed by atoms with Gasteiger partial charge in [-0.15, -0.1) is 12.4 Å². The second-order valence-corrected chi connectivity index (χ2v) is 8.27. The number of halogens is 1. The minimum absolute atomic E-state index is 0. The number of nitrogens with two attached hydrogens (primary N) is 1. The van der Waals surface area contributed by atoms with Gasteiger partial charge in [-0.05, 0) is 37.5 Å². The summed E-state index contributed by atoms with van der Waals surface area (Å²) in [6, 6.07) is -0.226. The summed E-state index contributed by atoms with van der Waals surface area (Å²) < 4.78 is 22.7. The third-order valence-electron chi connectivity index (χ3n) is 4.86. The van der Waals surface area contributed by atoms with Crippen molar-refractivity contribution in [1.29, 1.82) is 0 Å². The van der Waals surface area contributed by atoms with Gasteiger partial charge in [0.2, 0.25) is 5.91 Å². The predicted molar refractivity (Wildman–Crippen MR) is 74.7 cm³/mol. The van der Waals surface area contributed by atoms with Gasteiger partial charge in [0.1, 0.15) is 0 Å². The van der Waals surface area contributed by atoms with E-state index in [1.54, 1.807) is 0 Å². The summed E-state index contributed by atoms with van der Waals surface area (Å²) in [4.78, 5) is 12.2. The van der Waals surface area contributed by atoms with Crippen LogP contribution in [0.5, 0.6) is 0 Å². The fraction of sp³-hybridized carbons (Fsp3) is 0.917. The molecule has 110 valence electrons. The lowest BCUT2D eigenvalue weighted by Crippen LogP contribution is -2.48. The van der Waals surface area contributed by atoms with Gasteiger partial charge in [0.15, 0.2) is 9.84 Å². The molecule has 3 N–H and O–H groups in total. The molecule has 3 fully saturated rings. The van der Waals surface area contributed by atoms with E-state index in [1.165, 1.54) is 0 Å². The molecule has 0 radical (unpaired) electrons. The normalized spacial score (nSPS) is 42.9. The van der Waals surface area contributed by atoms with E-state index in [1.807, 2.05) is 0 Å². The molecule has 5 nitrogen and oxygen atoms in total. The maximum Gasteiger partial charge on any atom is 0.225 e. The van der Waals surface area contributed by atoms with Gasteiger partial charge in [0.05, 0.1) is 17.4 Å². The molecule has 0 aromatic carbocycles. The van der Waals surface area contributed by atoms with Crippen LogP contribution in [0.3, 0.4) is 0 Å². The molecule has 7 heteroatoms. The minimum atomic E-state index is -2.93. The molecule has 2 aliphatic carbocycles. The zero-order valence-electron chi connectivity index (χ0n) is 10.7. The molecule has 0 aromatic rings. The highest BCUT2D eigenvalue weighted by Gasteiger charge is 2.49. The topological polar surface area (TPSA) is 89.3 Å². The molecule has 3 aliphatic rings. The molecule has 5 atom stereocenters. The molecule has 1 saturated heterocycles. The Morgan fingerprint density at radius 1 is 1.16 bits per heavy atom. The zero-order valence-corrected chi connectivity index (χ0v) is 12.4. The summed E-state index contributed by atoms with van der Waals surface area (Å²) in [5.41, 5.74) is 6.11. The van der Waals surface area contributed by atoms with Gasteiger partial charge in [-0.2, -0.15) is 0 Å². The predicted octanol–water partition coefficient (Wildman–Crippen LogP) is 0.0849. The van der Waals surface area contributed by atoms with Crippen molar-refractivity contribution in [2.75, 3.05) is 11.5 Å². The molecule has 19 heavy (non-hydrogen) atoms. The number of fused-ring (bicyclic) bond motifs is 2. The number of amides is 1. The monoisotopic (exact) mass is 308 g/mol. The number of carbonyl (C=O) groups is 1. The van der Waals surface area contributed by atoms with E-state index >= 15 is 0 Å².